The fourth-order valence-corrected chi connectivity index (χ4v) is 1.07. The molecule has 94 valence electrons. The third-order valence-corrected chi connectivity index (χ3v) is 1.80. The van der Waals surface area contributed by atoms with Gasteiger partial charge in [0.1, 0.15) is 6.54 Å². The summed E-state index contributed by atoms with van der Waals surface area (Å²) in [6.45, 7) is 9.13. The Morgan fingerprint density at radius 2 is 1.75 bits per heavy atom. The maximum atomic E-state index is 11.6. The molecule has 1 amide bonds. The van der Waals surface area contributed by atoms with E-state index < -0.39 is 12.1 Å². The second kappa shape index (κ2) is 7.09. The van der Waals surface area contributed by atoms with Crippen molar-refractivity contribution in [2.45, 2.75) is 46.8 Å². The van der Waals surface area contributed by atoms with Gasteiger partial charge in [-0.1, -0.05) is 0 Å². The summed E-state index contributed by atoms with van der Waals surface area (Å²) in [5.74, 6) is -0.420. The molecule has 0 radical (unpaired) electrons. The van der Waals surface area contributed by atoms with Gasteiger partial charge in [0.2, 0.25) is 0 Å². The van der Waals surface area contributed by atoms with Gasteiger partial charge >= 0.3 is 12.1 Å². The van der Waals surface area contributed by atoms with Gasteiger partial charge in [-0.3, -0.25) is 9.69 Å². The van der Waals surface area contributed by atoms with Crippen LogP contribution in [0.5, 0.6) is 0 Å². The third kappa shape index (κ3) is 5.58. The lowest BCUT2D eigenvalue weighted by molar-refractivity contribution is -0.144. The highest BCUT2D eigenvalue weighted by atomic mass is 16.6. The van der Waals surface area contributed by atoms with E-state index >= 15 is 0 Å². The summed E-state index contributed by atoms with van der Waals surface area (Å²) in [5, 5.41) is 0. The number of ether oxygens (including phenoxy) is 2. The molecular formula is C11H21NO4. The lowest BCUT2D eigenvalue weighted by Gasteiger charge is -2.25. The standard InChI is InChI=1S/C11H21NO4/c1-6-15-10(13)7-12(8(2)3)11(14)16-9(4)5/h8-9H,6-7H2,1-5H3. The van der Waals surface area contributed by atoms with Gasteiger partial charge in [-0.25, -0.2) is 4.79 Å². The molecule has 0 aliphatic carbocycles. The van der Waals surface area contributed by atoms with E-state index in [0.717, 1.165) is 0 Å². The third-order valence-electron chi connectivity index (χ3n) is 1.80. The Balaban J connectivity index is 4.38. The fraction of sp³-hybridized carbons (Fsp3) is 0.818. The Hall–Kier alpha value is -1.26. The summed E-state index contributed by atoms with van der Waals surface area (Å²) in [4.78, 5) is 24.3. The highest BCUT2D eigenvalue weighted by Gasteiger charge is 2.22. The van der Waals surface area contributed by atoms with E-state index in [1.807, 2.05) is 13.8 Å². The topological polar surface area (TPSA) is 55.8 Å². The number of nitrogens with zero attached hydrogens (tertiary/aromatic N) is 1. The first kappa shape index (κ1) is 14.7. The summed E-state index contributed by atoms with van der Waals surface area (Å²) >= 11 is 0. The number of esters is 1. The Morgan fingerprint density at radius 3 is 2.12 bits per heavy atom. The van der Waals surface area contributed by atoms with Crippen LogP contribution in [0.4, 0.5) is 4.79 Å². The van der Waals surface area contributed by atoms with E-state index in [0.29, 0.717) is 6.61 Å². The van der Waals surface area contributed by atoms with Crippen molar-refractivity contribution in [3.8, 4) is 0 Å². The summed E-state index contributed by atoms with van der Waals surface area (Å²) in [5.41, 5.74) is 0. The van der Waals surface area contributed by atoms with Gasteiger partial charge in [-0.15, -0.1) is 0 Å². The molecule has 0 saturated heterocycles. The first-order chi connectivity index (χ1) is 7.38. The maximum Gasteiger partial charge on any atom is 0.410 e. The van der Waals surface area contributed by atoms with Crippen molar-refractivity contribution >= 4 is 12.1 Å². The van der Waals surface area contributed by atoms with Gasteiger partial charge in [0, 0.05) is 6.04 Å². The minimum absolute atomic E-state index is 0.0724. The molecule has 0 spiro atoms. The number of rotatable bonds is 5. The van der Waals surface area contributed by atoms with Gasteiger partial charge in [0.25, 0.3) is 0 Å². The summed E-state index contributed by atoms with van der Waals surface area (Å²) in [6.07, 6.45) is -0.686. The number of amides is 1. The van der Waals surface area contributed by atoms with Crippen molar-refractivity contribution in [3.05, 3.63) is 0 Å². The lowest BCUT2D eigenvalue weighted by Crippen LogP contribution is -2.42. The van der Waals surface area contributed by atoms with Crippen LogP contribution in [0.25, 0.3) is 0 Å². The Kier molecular flexibility index (Phi) is 6.53. The van der Waals surface area contributed by atoms with Crippen LogP contribution in [0.2, 0.25) is 0 Å². The normalized spacial score (nSPS) is 10.4. The van der Waals surface area contributed by atoms with Crippen molar-refractivity contribution < 1.29 is 19.1 Å². The molecular weight excluding hydrogens is 210 g/mol. The zero-order valence-electron chi connectivity index (χ0n) is 10.6. The van der Waals surface area contributed by atoms with Gasteiger partial charge in [-0.05, 0) is 34.6 Å². The molecule has 0 aliphatic rings. The fourth-order valence-electron chi connectivity index (χ4n) is 1.07. The number of carbonyl (C=O) groups is 2. The van der Waals surface area contributed by atoms with Crippen molar-refractivity contribution in [1.29, 1.82) is 0 Å². The van der Waals surface area contributed by atoms with E-state index in [1.165, 1.54) is 4.90 Å². The summed E-state index contributed by atoms with van der Waals surface area (Å²) in [6, 6.07) is -0.101. The zero-order valence-corrected chi connectivity index (χ0v) is 10.6. The number of carbonyl (C=O) groups excluding carboxylic acids is 2. The molecule has 5 heteroatoms. The molecule has 0 aliphatic heterocycles. The molecule has 0 N–H and O–H groups in total. The van der Waals surface area contributed by atoms with Crippen LogP contribution in [0.3, 0.4) is 0 Å². The van der Waals surface area contributed by atoms with E-state index in [2.05, 4.69) is 0 Å². The van der Waals surface area contributed by atoms with Crippen LogP contribution in [-0.2, 0) is 14.3 Å². The molecule has 0 aromatic heterocycles. The molecule has 0 fully saturated rings. The SMILES string of the molecule is CCOC(=O)CN(C(=O)OC(C)C)C(C)C. The highest BCUT2D eigenvalue weighted by Crippen LogP contribution is 2.04. The number of hydrogen-bond donors (Lipinski definition) is 0. The molecule has 0 saturated carbocycles. The van der Waals surface area contributed by atoms with Crippen LogP contribution < -0.4 is 0 Å². The monoisotopic (exact) mass is 231 g/mol. The molecule has 0 bridgehead atoms. The van der Waals surface area contributed by atoms with Crippen molar-refractivity contribution in [2.24, 2.45) is 0 Å². The van der Waals surface area contributed by atoms with Gasteiger partial charge in [0.05, 0.1) is 12.7 Å². The van der Waals surface area contributed by atoms with E-state index in [-0.39, 0.29) is 18.7 Å². The summed E-state index contributed by atoms with van der Waals surface area (Å²) in [7, 11) is 0. The van der Waals surface area contributed by atoms with Crippen LogP contribution in [0.15, 0.2) is 0 Å². The highest BCUT2D eigenvalue weighted by molar-refractivity contribution is 5.78. The quantitative estimate of drug-likeness (QED) is 0.677. The second-order valence-corrected chi connectivity index (χ2v) is 3.96. The molecule has 0 heterocycles. The zero-order chi connectivity index (χ0) is 12.7. The lowest BCUT2D eigenvalue weighted by atomic mass is 10.3. The second-order valence-electron chi connectivity index (χ2n) is 3.96. The Labute approximate surface area is 96.7 Å². The molecule has 5 nitrogen and oxygen atoms in total. The first-order valence-corrected chi connectivity index (χ1v) is 5.51. The largest absolute Gasteiger partial charge is 0.465 e. The smallest absolute Gasteiger partial charge is 0.410 e. The molecule has 0 aromatic carbocycles. The first-order valence-electron chi connectivity index (χ1n) is 5.51. The molecule has 0 rings (SSSR count). The van der Waals surface area contributed by atoms with E-state index in [9.17, 15) is 9.59 Å². The Bertz CT molecular complexity index is 238. The average Bonchev–Trinajstić information content (AvgIpc) is 2.12. The molecule has 0 atom stereocenters. The van der Waals surface area contributed by atoms with Crippen LogP contribution in [0.1, 0.15) is 34.6 Å². The van der Waals surface area contributed by atoms with E-state index in [1.54, 1.807) is 20.8 Å². The van der Waals surface area contributed by atoms with Crippen molar-refractivity contribution in [1.82, 2.24) is 4.90 Å². The maximum absolute atomic E-state index is 11.6. The van der Waals surface area contributed by atoms with Crippen LogP contribution >= 0.6 is 0 Å². The van der Waals surface area contributed by atoms with Gasteiger partial charge in [0.15, 0.2) is 0 Å². The predicted octanol–water partition coefficient (Wildman–Crippen LogP) is 1.80. The van der Waals surface area contributed by atoms with Crippen molar-refractivity contribution in [3.63, 3.8) is 0 Å². The van der Waals surface area contributed by atoms with Crippen molar-refractivity contribution in [2.75, 3.05) is 13.2 Å². The molecule has 0 aromatic rings. The Morgan fingerprint density at radius 1 is 1.19 bits per heavy atom. The average molecular weight is 231 g/mol. The number of hydrogen-bond acceptors (Lipinski definition) is 4. The van der Waals surface area contributed by atoms with Gasteiger partial charge < -0.3 is 9.47 Å². The molecule has 16 heavy (non-hydrogen) atoms. The summed E-state index contributed by atoms with van der Waals surface area (Å²) < 4.78 is 9.82. The minimum Gasteiger partial charge on any atom is -0.465 e. The van der Waals surface area contributed by atoms with Crippen LogP contribution in [-0.4, -0.2) is 42.3 Å². The minimum atomic E-state index is -0.488. The van der Waals surface area contributed by atoms with Gasteiger partial charge in [-0.2, -0.15) is 0 Å². The van der Waals surface area contributed by atoms with E-state index in [4.69, 9.17) is 9.47 Å². The predicted molar refractivity (Wildman–Crippen MR) is 60.1 cm³/mol. The van der Waals surface area contributed by atoms with Crippen LogP contribution in [0, 0.1) is 0 Å². The molecule has 0 unspecified atom stereocenters.